The van der Waals surface area contributed by atoms with Crippen molar-refractivity contribution < 1.29 is 14.3 Å². The maximum absolute atomic E-state index is 13.6. The first-order valence-corrected chi connectivity index (χ1v) is 5.31. The number of aliphatic carboxylic acids is 1. The zero-order valence-corrected chi connectivity index (χ0v) is 9.93. The summed E-state index contributed by atoms with van der Waals surface area (Å²) in [6.45, 7) is -0.427. The van der Waals surface area contributed by atoms with Crippen molar-refractivity contribution >= 4 is 21.9 Å². The van der Waals surface area contributed by atoms with Gasteiger partial charge >= 0.3 is 5.97 Å². The maximum Gasteiger partial charge on any atom is 0.325 e. The highest BCUT2D eigenvalue weighted by molar-refractivity contribution is 9.10. The lowest BCUT2D eigenvalue weighted by Crippen LogP contribution is -2.12. The van der Waals surface area contributed by atoms with Crippen LogP contribution in [0.4, 0.5) is 4.39 Å². The van der Waals surface area contributed by atoms with Gasteiger partial charge < -0.3 is 5.11 Å². The quantitative estimate of drug-likeness (QED) is 0.925. The van der Waals surface area contributed by atoms with Gasteiger partial charge in [0.15, 0.2) is 5.82 Å². The molecule has 0 aliphatic rings. The molecule has 0 aliphatic carbocycles. The number of hydrogen-bond acceptors (Lipinski definition) is 4. The van der Waals surface area contributed by atoms with Crippen LogP contribution in [-0.2, 0) is 11.3 Å². The summed E-state index contributed by atoms with van der Waals surface area (Å²) in [6.07, 6.45) is 0. The molecule has 0 unspecified atom stereocenters. The van der Waals surface area contributed by atoms with E-state index < -0.39 is 18.3 Å². The third kappa shape index (κ3) is 2.31. The summed E-state index contributed by atoms with van der Waals surface area (Å²) in [5, 5.41) is 19.2. The molecule has 0 saturated carbocycles. The van der Waals surface area contributed by atoms with Gasteiger partial charge in [0.2, 0.25) is 0 Å². The van der Waals surface area contributed by atoms with Gasteiger partial charge in [-0.3, -0.25) is 4.79 Å². The Labute approximate surface area is 103 Å². The summed E-state index contributed by atoms with van der Waals surface area (Å²) in [6, 6.07) is 4.40. The first-order chi connectivity index (χ1) is 8.09. The Morgan fingerprint density at radius 1 is 1.53 bits per heavy atom. The molecule has 1 N–H and O–H groups in total. The third-order valence-corrected chi connectivity index (χ3v) is 2.66. The van der Waals surface area contributed by atoms with Gasteiger partial charge in [-0.15, -0.1) is 5.10 Å². The van der Waals surface area contributed by atoms with Gasteiger partial charge in [0.25, 0.3) is 0 Å². The molecule has 0 atom stereocenters. The van der Waals surface area contributed by atoms with E-state index >= 15 is 0 Å². The van der Waals surface area contributed by atoms with Crippen molar-refractivity contribution in [1.82, 2.24) is 20.2 Å². The molecule has 2 rings (SSSR count). The minimum atomic E-state index is -1.11. The second-order valence-corrected chi connectivity index (χ2v) is 4.00. The van der Waals surface area contributed by atoms with Gasteiger partial charge in [-0.05, 0) is 38.5 Å². The first kappa shape index (κ1) is 11.6. The number of carboxylic acids is 1. The molecule has 0 saturated heterocycles. The molecular weight excluding hydrogens is 295 g/mol. The average molecular weight is 301 g/mol. The van der Waals surface area contributed by atoms with E-state index in [1.807, 2.05) is 0 Å². The predicted molar refractivity (Wildman–Crippen MR) is 58.5 cm³/mol. The molecule has 1 aromatic heterocycles. The number of hydrogen-bond donors (Lipinski definition) is 1. The Bertz CT molecular complexity index is 552. The molecule has 88 valence electrons. The van der Waals surface area contributed by atoms with Crippen LogP contribution in [0.1, 0.15) is 0 Å². The number of carbonyl (C=O) groups is 1. The number of halogens is 2. The number of aromatic nitrogens is 4. The van der Waals surface area contributed by atoms with E-state index in [2.05, 4.69) is 31.5 Å². The molecule has 0 aliphatic heterocycles. The number of rotatable bonds is 3. The van der Waals surface area contributed by atoms with Crippen LogP contribution in [-0.4, -0.2) is 31.3 Å². The number of carboxylic acid groups (broad SMARTS) is 1. The molecule has 6 nitrogen and oxygen atoms in total. The lowest BCUT2D eigenvalue weighted by Gasteiger charge is -2.05. The minimum Gasteiger partial charge on any atom is -0.480 e. The lowest BCUT2D eigenvalue weighted by atomic mass is 10.2. The van der Waals surface area contributed by atoms with E-state index in [0.29, 0.717) is 4.47 Å². The second-order valence-electron chi connectivity index (χ2n) is 3.15. The zero-order chi connectivity index (χ0) is 12.4. The van der Waals surface area contributed by atoms with E-state index in [9.17, 15) is 9.18 Å². The van der Waals surface area contributed by atoms with Gasteiger partial charge in [0.1, 0.15) is 12.4 Å². The highest BCUT2D eigenvalue weighted by atomic mass is 79.9. The summed E-state index contributed by atoms with van der Waals surface area (Å²) in [5.41, 5.74) is 0.138. The number of tetrazole rings is 1. The molecule has 2 aromatic rings. The number of nitrogens with zero attached hydrogens (tertiary/aromatic N) is 4. The smallest absolute Gasteiger partial charge is 0.325 e. The fraction of sp³-hybridized carbons (Fsp3) is 0.111. The molecule has 0 radical (unpaired) electrons. The van der Waals surface area contributed by atoms with Crippen molar-refractivity contribution in [3.63, 3.8) is 0 Å². The minimum absolute atomic E-state index is 0.0670. The van der Waals surface area contributed by atoms with Crippen molar-refractivity contribution in [2.24, 2.45) is 0 Å². The van der Waals surface area contributed by atoms with Crippen molar-refractivity contribution in [2.75, 3.05) is 0 Å². The fourth-order valence-corrected chi connectivity index (χ4v) is 1.85. The normalized spacial score (nSPS) is 10.5. The SMILES string of the molecule is O=C(O)Cn1nnnc1-c1c(F)cccc1Br. The van der Waals surface area contributed by atoms with Crippen molar-refractivity contribution in [2.45, 2.75) is 6.54 Å². The van der Waals surface area contributed by atoms with Crippen LogP contribution in [0.15, 0.2) is 22.7 Å². The summed E-state index contributed by atoms with van der Waals surface area (Å²) in [7, 11) is 0. The van der Waals surface area contributed by atoms with Crippen LogP contribution in [0.3, 0.4) is 0 Å². The molecule has 1 heterocycles. The molecule has 8 heteroatoms. The van der Waals surface area contributed by atoms with E-state index in [0.717, 1.165) is 4.68 Å². The zero-order valence-electron chi connectivity index (χ0n) is 8.34. The Morgan fingerprint density at radius 2 is 2.29 bits per heavy atom. The predicted octanol–water partition coefficient (Wildman–Crippen LogP) is 1.33. The highest BCUT2D eigenvalue weighted by Crippen LogP contribution is 2.28. The van der Waals surface area contributed by atoms with Crippen LogP contribution in [0.5, 0.6) is 0 Å². The van der Waals surface area contributed by atoms with Crippen LogP contribution < -0.4 is 0 Å². The van der Waals surface area contributed by atoms with Crippen LogP contribution in [0.2, 0.25) is 0 Å². The Kier molecular flexibility index (Phi) is 3.14. The second kappa shape index (κ2) is 4.58. The largest absolute Gasteiger partial charge is 0.480 e. The maximum atomic E-state index is 13.6. The van der Waals surface area contributed by atoms with E-state index in [1.54, 1.807) is 6.07 Å². The summed E-state index contributed by atoms with van der Waals surface area (Å²) in [4.78, 5) is 10.6. The monoisotopic (exact) mass is 300 g/mol. The van der Waals surface area contributed by atoms with E-state index in [1.165, 1.54) is 12.1 Å². The Hall–Kier alpha value is -1.83. The summed E-state index contributed by atoms with van der Waals surface area (Å²) >= 11 is 3.17. The standard InChI is InChI=1S/C9H6BrFN4O2/c10-5-2-1-3-6(11)8(5)9-12-13-14-15(9)4-7(16)17/h1-3H,4H2,(H,16,17). The first-order valence-electron chi connectivity index (χ1n) is 4.52. The molecule has 0 fully saturated rings. The van der Waals surface area contributed by atoms with Crippen molar-refractivity contribution in [3.8, 4) is 11.4 Å². The summed E-state index contributed by atoms with van der Waals surface area (Å²) in [5.74, 6) is -1.57. The van der Waals surface area contributed by atoms with Gasteiger partial charge in [-0.2, -0.15) is 0 Å². The topological polar surface area (TPSA) is 80.9 Å². The Balaban J connectivity index is 2.53. The lowest BCUT2D eigenvalue weighted by molar-refractivity contribution is -0.137. The van der Waals surface area contributed by atoms with Crippen LogP contribution >= 0.6 is 15.9 Å². The number of benzene rings is 1. The van der Waals surface area contributed by atoms with Gasteiger partial charge in [0, 0.05) is 4.47 Å². The molecule has 0 bridgehead atoms. The molecule has 17 heavy (non-hydrogen) atoms. The molecule has 0 amide bonds. The highest BCUT2D eigenvalue weighted by Gasteiger charge is 2.17. The molecular formula is C9H6BrFN4O2. The van der Waals surface area contributed by atoms with Crippen molar-refractivity contribution in [1.29, 1.82) is 0 Å². The van der Waals surface area contributed by atoms with Gasteiger partial charge in [0.05, 0.1) is 5.56 Å². The van der Waals surface area contributed by atoms with E-state index in [-0.39, 0.29) is 11.4 Å². The molecule has 1 aromatic carbocycles. The summed E-state index contributed by atoms with van der Waals surface area (Å²) < 4.78 is 15.1. The average Bonchev–Trinajstić information content (AvgIpc) is 2.65. The van der Waals surface area contributed by atoms with Gasteiger partial charge in [-0.1, -0.05) is 6.07 Å². The Morgan fingerprint density at radius 3 is 2.94 bits per heavy atom. The third-order valence-electron chi connectivity index (χ3n) is 2.00. The van der Waals surface area contributed by atoms with Crippen LogP contribution in [0, 0.1) is 5.82 Å². The van der Waals surface area contributed by atoms with Crippen LogP contribution in [0.25, 0.3) is 11.4 Å². The van der Waals surface area contributed by atoms with Gasteiger partial charge in [-0.25, -0.2) is 9.07 Å². The van der Waals surface area contributed by atoms with E-state index in [4.69, 9.17) is 5.11 Å². The van der Waals surface area contributed by atoms with Crippen molar-refractivity contribution in [3.05, 3.63) is 28.5 Å². The molecule has 0 spiro atoms. The fourth-order valence-electron chi connectivity index (χ4n) is 1.33.